The van der Waals surface area contributed by atoms with Gasteiger partial charge in [-0.3, -0.25) is 28.8 Å². The molecule has 1 fully saturated rings. The minimum absolute atomic E-state index is 0.0275. The van der Waals surface area contributed by atoms with Crippen molar-refractivity contribution in [1.82, 2.24) is 10.6 Å². The lowest BCUT2D eigenvalue weighted by Crippen LogP contribution is -2.59. The summed E-state index contributed by atoms with van der Waals surface area (Å²) in [5.74, 6) is -7.86. The lowest BCUT2D eigenvalue weighted by molar-refractivity contribution is -0.249. The number of aliphatic hydroxyl groups is 3. The minimum Gasteiger partial charge on any atom is -0.507 e. The van der Waals surface area contributed by atoms with Crippen molar-refractivity contribution in [2.75, 3.05) is 13.7 Å². The molecule has 5 rings (SSSR count). The molecule has 292 valence electrons. The maximum atomic E-state index is 13.9. The van der Waals surface area contributed by atoms with Crippen molar-refractivity contribution in [3.8, 4) is 17.2 Å². The number of aliphatic carboxylic acids is 1. The van der Waals surface area contributed by atoms with Crippen LogP contribution in [0.3, 0.4) is 0 Å². The highest BCUT2D eigenvalue weighted by atomic mass is 16.7. The number of carbonyl (C=O) groups excluding carboxylic acids is 5. The Morgan fingerprint density at radius 3 is 2.30 bits per heavy atom. The fourth-order valence-corrected chi connectivity index (χ4v) is 7.13. The number of hydrogen-bond donors (Lipinski definition) is 8. The third-order valence-corrected chi connectivity index (χ3v) is 10.5. The largest absolute Gasteiger partial charge is 0.507 e. The summed E-state index contributed by atoms with van der Waals surface area (Å²) in [5.41, 5.74) is -4.41. The van der Waals surface area contributed by atoms with Crippen LogP contribution in [0.4, 0.5) is 0 Å². The molecule has 0 aromatic heterocycles. The van der Waals surface area contributed by atoms with Gasteiger partial charge in [-0.25, -0.2) is 0 Å². The van der Waals surface area contributed by atoms with E-state index in [1.807, 2.05) is 0 Å². The molecule has 8 atom stereocenters. The van der Waals surface area contributed by atoms with Crippen LogP contribution in [0, 0.1) is 11.8 Å². The number of Topliss-reactive ketones (excluding diaryl/α,β-unsaturated/α-hetero) is 1. The van der Waals surface area contributed by atoms with Crippen LogP contribution in [-0.4, -0.2) is 116 Å². The van der Waals surface area contributed by atoms with Crippen LogP contribution in [0.2, 0.25) is 0 Å². The van der Waals surface area contributed by atoms with Crippen molar-refractivity contribution in [3.05, 3.63) is 51.6 Å². The van der Waals surface area contributed by atoms with E-state index in [4.69, 9.17) is 14.2 Å². The van der Waals surface area contributed by atoms with E-state index in [0.717, 1.165) is 0 Å². The summed E-state index contributed by atoms with van der Waals surface area (Å²) in [6.07, 6.45) is -7.80. The molecule has 2 aromatic rings. The van der Waals surface area contributed by atoms with E-state index in [9.17, 15) is 59.4 Å². The number of aliphatic hydroxyl groups excluding tert-OH is 2. The first-order valence-corrected chi connectivity index (χ1v) is 17.4. The molecule has 3 aliphatic rings. The van der Waals surface area contributed by atoms with E-state index in [1.165, 1.54) is 32.2 Å². The Hall–Kier alpha value is -4.94. The van der Waals surface area contributed by atoms with Crippen LogP contribution < -0.4 is 15.4 Å². The third-order valence-electron chi connectivity index (χ3n) is 10.5. The van der Waals surface area contributed by atoms with Gasteiger partial charge in [0, 0.05) is 41.9 Å². The van der Waals surface area contributed by atoms with E-state index in [-0.39, 0.29) is 40.3 Å². The number of rotatable bonds is 12. The van der Waals surface area contributed by atoms with Gasteiger partial charge in [-0.15, -0.1) is 0 Å². The average Bonchev–Trinajstić information content (AvgIpc) is 3.12. The Kier molecular flexibility index (Phi) is 11.5. The van der Waals surface area contributed by atoms with Gasteiger partial charge in [0.25, 0.3) is 0 Å². The van der Waals surface area contributed by atoms with E-state index in [0.29, 0.717) is 0 Å². The first kappa shape index (κ1) is 40.2. The molecule has 0 saturated carbocycles. The lowest BCUT2D eigenvalue weighted by Gasteiger charge is -2.43. The molecule has 2 aromatic carbocycles. The number of carbonyl (C=O) groups is 6. The quantitative estimate of drug-likeness (QED) is 0.116. The number of phenols is 2. The number of carboxylic acid groups (broad SMARTS) is 1. The second kappa shape index (κ2) is 15.4. The predicted octanol–water partition coefficient (Wildman–Crippen LogP) is 0.410. The molecule has 1 heterocycles. The lowest BCUT2D eigenvalue weighted by atomic mass is 9.72. The van der Waals surface area contributed by atoms with E-state index >= 15 is 0 Å². The monoisotopic (exact) mass is 756 g/mol. The van der Waals surface area contributed by atoms with Gasteiger partial charge in [-0.2, -0.15) is 0 Å². The van der Waals surface area contributed by atoms with Crippen LogP contribution in [-0.2, 0) is 35.1 Å². The summed E-state index contributed by atoms with van der Waals surface area (Å²) in [6, 6.07) is 1.55. The average molecular weight is 757 g/mol. The zero-order chi connectivity index (χ0) is 40.0. The zero-order valence-corrected chi connectivity index (χ0v) is 30.2. The second-order valence-corrected chi connectivity index (χ2v) is 14.3. The number of ether oxygens (including phenoxy) is 3. The summed E-state index contributed by atoms with van der Waals surface area (Å²) in [7, 11) is 1.28. The van der Waals surface area contributed by atoms with Gasteiger partial charge in [0.1, 0.15) is 41.6 Å². The molecule has 17 heteroatoms. The van der Waals surface area contributed by atoms with Gasteiger partial charge in [-0.1, -0.05) is 32.9 Å². The Balaban J connectivity index is 1.50. The Bertz CT molecular complexity index is 1890. The van der Waals surface area contributed by atoms with Crippen molar-refractivity contribution in [2.45, 2.75) is 95.7 Å². The minimum atomic E-state index is -2.41. The molecule has 2 amide bonds. The van der Waals surface area contributed by atoms with E-state index < -0.39 is 132 Å². The molecule has 0 radical (unpaired) electrons. The summed E-state index contributed by atoms with van der Waals surface area (Å²) in [4.78, 5) is 78.3. The number of benzene rings is 2. The SMILES string of the molecule is COc1cccc2c1C(=O)c1c(O)c3c(c(O)c1C2=O)C[C@@](O)(C(=O)CO)C[C@@H]3O[C@H]1C[C@H](NC(=O)[C@H](CC(=O)O)NC(=O)[C@@H](C)C(C)C)[C@H](O)[C@H](C)O1. The number of methoxy groups -OCH3 is 1. The number of aromatic hydroxyl groups is 2. The fraction of sp³-hybridized carbons (Fsp3) is 0.514. The van der Waals surface area contributed by atoms with Crippen LogP contribution in [0.15, 0.2) is 18.2 Å². The molecule has 1 aliphatic heterocycles. The van der Waals surface area contributed by atoms with Crippen LogP contribution >= 0.6 is 0 Å². The number of ketones is 3. The van der Waals surface area contributed by atoms with Crippen LogP contribution in [0.1, 0.15) is 96.0 Å². The highest BCUT2D eigenvalue weighted by Gasteiger charge is 2.50. The van der Waals surface area contributed by atoms with E-state index in [1.54, 1.807) is 20.8 Å². The van der Waals surface area contributed by atoms with Gasteiger partial charge in [-0.05, 0) is 18.9 Å². The first-order valence-electron chi connectivity index (χ1n) is 17.4. The fourth-order valence-electron chi connectivity index (χ4n) is 7.13. The highest BCUT2D eigenvalue weighted by molar-refractivity contribution is 6.31. The molecular weight excluding hydrogens is 712 g/mol. The normalized spacial score (nSPS) is 25.8. The molecule has 54 heavy (non-hydrogen) atoms. The number of nitrogens with one attached hydrogen (secondary N) is 2. The Labute approximate surface area is 309 Å². The maximum Gasteiger partial charge on any atom is 0.305 e. The molecule has 2 aliphatic carbocycles. The molecule has 8 N–H and O–H groups in total. The number of fused-ring (bicyclic) bond motifs is 3. The van der Waals surface area contributed by atoms with E-state index in [2.05, 4.69) is 10.6 Å². The summed E-state index contributed by atoms with van der Waals surface area (Å²) >= 11 is 0. The van der Waals surface area contributed by atoms with Gasteiger partial charge in [0.05, 0.1) is 48.5 Å². The summed E-state index contributed by atoms with van der Waals surface area (Å²) in [6.45, 7) is 5.50. The smallest absolute Gasteiger partial charge is 0.305 e. The summed E-state index contributed by atoms with van der Waals surface area (Å²) < 4.78 is 17.3. The van der Waals surface area contributed by atoms with Crippen molar-refractivity contribution in [1.29, 1.82) is 0 Å². The zero-order valence-electron chi connectivity index (χ0n) is 30.2. The molecular formula is C37H44N2O15. The number of phenolic OH excluding ortho intramolecular Hbond substituents is 2. The highest BCUT2D eigenvalue weighted by Crippen LogP contribution is 2.52. The topological polar surface area (TPSA) is 276 Å². The predicted molar refractivity (Wildman–Crippen MR) is 184 cm³/mol. The van der Waals surface area contributed by atoms with Crippen molar-refractivity contribution in [2.24, 2.45) is 11.8 Å². The van der Waals surface area contributed by atoms with Gasteiger partial charge in [0.2, 0.25) is 17.6 Å². The first-order chi connectivity index (χ1) is 25.3. The molecule has 0 spiro atoms. The number of carboxylic acids is 1. The van der Waals surface area contributed by atoms with Crippen molar-refractivity contribution < 1.29 is 73.6 Å². The Morgan fingerprint density at radius 2 is 1.69 bits per heavy atom. The standard InChI is InChI=1S/C37H44N2O15/c1-14(2)15(3)35(49)39-20(9-24(42)43)36(50)38-19-10-25(53-16(4)30(19)44)54-22-12-37(51,23(41)13-40)11-18-27(22)34(48)29-28(32(18)46)31(45)17-7-6-8-21(52-5)26(17)33(29)47/h6-8,14-16,19-20,22,25,30,40,44,46,48,51H,9-13H2,1-5H3,(H,38,50)(H,39,49)(H,42,43)/t15-,16-,19-,20-,22-,25-,30+,37-/m0/s1. The van der Waals surface area contributed by atoms with Gasteiger partial charge >= 0.3 is 5.97 Å². The van der Waals surface area contributed by atoms with Gasteiger partial charge in [0.15, 0.2) is 17.9 Å². The Morgan fingerprint density at radius 1 is 1.02 bits per heavy atom. The van der Waals surface area contributed by atoms with Crippen LogP contribution in [0.25, 0.3) is 0 Å². The third kappa shape index (κ3) is 7.29. The molecule has 0 bridgehead atoms. The second-order valence-electron chi connectivity index (χ2n) is 14.3. The van der Waals surface area contributed by atoms with Gasteiger partial charge < -0.3 is 55.5 Å². The molecule has 1 saturated heterocycles. The summed E-state index contributed by atoms with van der Waals surface area (Å²) in [5, 5.41) is 70.0. The maximum absolute atomic E-state index is 13.9. The number of hydrogen-bond acceptors (Lipinski definition) is 14. The number of amides is 2. The van der Waals surface area contributed by atoms with Crippen molar-refractivity contribution in [3.63, 3.8) is 0 Å². The van der Waals surface area contributed by atoms with Crippen LogP contribution in [0.5, 0.6) is 17.2 Å². The molecule has 0 unspecified atom stereocenters. The van der Waals surface area contributed by atoms with Crippen molar-refractivity contribution >= 4 is 35.1 Å². The molecule has 17 nitrogen and oxygen atoms in total.